The van der Waals surface area contributed by atoms with Gasteiger partial charge in [0.25, 0.3) is 0 Å². The van der Waals surface area contributed by atoms with E-state index >= 15 is 0 Å². The van der Waals surface area contributed by atoms with Gasteiger partial charge >= 0.3 is 0 Å². The Hall–Kier alpha value is -2.23. The number of hydrogen-bond acceptors (Lipinski definition) is 3. The first-order valence-electron chi connectivity index (χ1n) is 7.85. The minimum atomic E-state index is -0.623. The number of nitrogens with zero attached hydrogens (tertiary/aromatic N) is 2. The van der Waals surface area contributed by atoms with Gasteiger partial charge in [0.2, 0.25) is 5.72 Å². The van der Waals surface area contributed by atoms with Gasteiger partial charge in [0.15, 0.2) is 0 Å². The van der Waals surface area contributed by atoms with Crippen LogP contribution >= 0.6 is 0 Å². The fraction of sp³-hybridized carbons (Fsp3) is 0.316. The van der Waals surface area contributed by atoms with Crippen LogP contribution in [0.15, 0.2) is 65.4 Å². The first-order valence-corrected chi connectivity index (χ1v) is 7.85. The maximum absolute atomic E-state index is 6.44. The average Bonchev–Trinajstić information content (AvgIpc) is 2.72. The topological polar surface area (TPSA) is 24.8 Å². The van der Waals surface area contributed by atoms with Gasteiger partial charge in [-0.25, -0.2) is 0 Å². The molecule has 0 amide bonds. The number of aliphatic imine (C=N–C) groups is 1. The molecule has 0 aliphatic carbocycles. The van der Waals surface area contributed by atoms with Crippen molar-refractivity contribution in [1.29, 1.82) is 0 Å². The van der Waals surface area contributed by atoms with Crippen molar-refractivity contribution in [3.05, 3.63) is 66.0 Å². The number of hydrogen-bond donors (Lipinski definition) is 0. The van der Waals surface area contributed by atoms with Crippen LogP contribution in [-0.4, -0.2) is 26.3 Å². The second-order valence-electron chi connectivity index (χ2n) is 6.51. The van der Waals surface area contributed by atoms with Crippen LogP contribution in [-0.2, 0) is 10.2 Å². The number of anilines is 1. The van der Waals surface area contributed by atoms with Crippen LogP contribution in [0.25, 0.3) is 0 Å². The molecule has 0 N–H and O–H groups in total. The van der Waals surface area contributed by atoms with E-state index in [-0.39, 0.29) is 5.41 Å². The maximum atomic E-state index is 6.44. The zero-order chi connectivity index (χ0) is 16.7. The fourth-order valence-corrected chi connectivity index (χ4v) is 3.34. The molecule has 2 aliphatic heterocycles. The molecular weight excluding hydrogens is 283 g/mol. The number of para-hydroxylation sites is 1. The molecule has 1 aromatic carbocycles. The first kappa shape index (κ1) is 15.7. The summed E-state index contributed by atoms with van der Waals surface area (Å²) in [4.78, 5) is 6.66. The van der Waals surface area contributed by atoms with Crippen molar-refractivity contribution >= 4 is 19.2 Å². The Labute approximate surface area is 139 Å². The van der Waals surface area contributed by atoms with E-state index in [1.807, 2.05) is 32.5 Å². The Bertz CT molecular complexity index is 733. The van der Waals surface area contributed by atoms with E-state index in [1.54, 1.807) is 6.20 Å². The van der Waals surface area contributed by atoms with Gasteiger partial charge in [-0.2, -0.15) is 0 Å². The second kappa shape index (κ2) is 5.45. The Morgan fingerprint density at radius 2 is 2.09 bits per heavy atom. The normalized spacial score (nSPS) is 24.5. The third kappa shape index (κ3) is 2.24. The van der Waals surface area contributed by atoms with E-state index in [0.717, 1.165) is 11.2 Å². The van der Waals surface area contributed by atoms with Crippen molar-refractivity contribution in [1.82, 2.24) is 0 Å². The van der Waals surface area contributed by atoms with E-state index in [9.17, 15) is 0 Å². The summed E-state index contributed by atoms with van der Waals surface area (Å²) in [6.45, 7) is 10.3. The summed E-state index contributed by atoms with van der Waals surface area (Å²) in [7, 11) is 4.02. The zero-order valence-electron chi connectivity index (χ0n) is 14.2. The van der Waals surface area contributed by atoms with E-state index < -0.39 is 5.72 Å². The standard InChI is InChI=1S/C19H22BN2O/c1-14(20-4)10-11-15-12-21-13-19(23-15)18(2,3)16-8-6-7-9-17(16)22(19)5/h6-13H,1H2,2-5H3/b11-10-. The van der Waals surface area contributed by atoms with Gasteiger partial charge in [0.1, 0.15) is 13.0 Å². The summed E-state index contributed by atoms with van der Waals surface area (Å²) in [6, 6.07) is 8.43. The summed E-state index contributed by atoms with van der Waals surface area (Å²) >= 11 is 0. The number of ether oxygens (including phenoxy) is 1. The van der Waals surface area contributed by atoms with Crippen LogP contribution in [0, 0.1) is 0 Å². The monoisotopic (exact) mass is 305 g/mol. The van der Waals surface area contributed by atoms with Gasteiger partial charge in [-0.05, 0) is 31.6 Å². The molecule has 0 aromatic heterocycles. The van der Waals surface area contributed by atoms with Gasteiger partial charge in [-0.3, -0.25) is 4.99 Å². The first-order chi connectivity index (χ1) is 10.9. The molecule has 1 spiro atoms. The smallest absolute Gasteiger partial charge is 0.228 e. The molecule has 23 heavy (non-hydrogen) atoms. The van der Waals surface area contributed by atoms with E-state index in [0.29, 0.717) is 0 Å². The van der Waals surface area contributed by atoms with Crippen LogP contribution in [0.5, 0.6) is 0 Å². The molecule has 1 unspecified atom stereocenters. The molecule has 3 rings (SSSR count). The van der Waals surface area contributed by atoms with Crippen molar-refractivity contribution < 1.29 is 4.74 Å². The van der Waals surface area contributed by atoms with E-state index in [2.05, 4.69) is 61.6 Å². The van der Waals surface area contributed by atoms with Gasteiger partial charge in [-0.15, -0.1) is 6.58 Å². The Balaban J connectivity index is 1.98. The summed E-state index contributed by atoms with van der Waals surface area (Å²) in [6.07, 6.45) is 7.52. The Morgan fingerprint density at radius 1 is 1.35 bits per heavy atom. The lowest BCUT2D eigenvalue weighted by molar-refractivity contribution is 0.0226. The molecule has 3 nitrogen and oxygen atoms in total. The predicted octanol–water partition coefficient (Wildman–Crippen LogP) is 3.87. The molecule has 117 valence electrons. The molecule has 0 saturated heterocycles. The zero-order valence-corrected chi connectivity index (χ0v) is 14.2. The molecule has 2 aliphatic rings. The lowest BCUT2D eigenvalue weighted by atomic mass is 9.73. The number of allylic oxidation sites excluding steroid dienone is 3. The molecular formula is C19H22BN2O. The quantitative estimate of drug-likeness (QED) is 0.625. The molecule has 0 bridgehead atoms. The van der Waals surface area contributed by atoms with Crippen LogP contribution in [0.2, 0.25) is 6.82 Å². The minimum Gasteiger partial charge on any atom is -0.460 e. The van der Waals surface area contributed by atoms with Crippen molar-refractivity contribution in [2.24, 2.45) is 4.99 Å². The number of fused-ring (bicyclic) bond motifs is 1. The third-order valence-electron chi connectivity index (χ3n) is 4.89. The highest BCUT2D eigenvalue weighted by Gasteiger charge is 2.58. The Morgan fingerprint density at radius 3 is 2.78 bits per heavy atom. The maximum Gasteiger partial charge on any atom is 0.228 e. The lowest BCUT2D eigenvalue weighted by Gasteiger charge is -2.44. The van der Waals surface area contributed by atoms with Crippen molar-refractivity contribution in [3.63, 3.8) is 0 Å². The summed E-state index contributed by atoms with van der Waals surface area (Å²) < 4.78 is 6.44. The number of likely N-dealkylation sites (N-methyl/N-ethyl adjacent to an activating group) is 1. The van der Waals surface area contributed by atoms with Gasteiger partial charge in [0, 0.05) is 12.7 Å². The highest BCUT2D eigenvalue weighted by atomic mass is 16.5. The third-order valence-corrected chi connectivity index (χ3v) is 4.89. The Kier molecular flexibility index (Phi) is 3.71. The molecule has 0 saturated carbocycles. The summed E-state index contributed by atoms with van der Waals surface area (Å²) in [5.74, 6) is 0.739. The summed E-state index contributed by atoms with van der Waals surface area (Å²) in [5, 5.41) is 0. The molecule has 1 atom stereocenters. The molecule has 1 radical (unpaired) electrons. The lowest BCUT2D eigenvalue weighted by Crippen LogP contribution is -2.58. The van der Waals surface area contributed by atoms with Gasteiger partial charge in [0.05, 0.1) is 17.8 Å². The van der Waals surface area contributed by atoms with Gasteiger partial charge in [-0.1, -0.05) is 36.6 Å². The van der Waals surface area contributed by atoms with Crippen LogP contribution in [0.3, 0.4) is 0 Å². The van der Waals surface area contributed by atoms with Crippen LogP contribution in [0.1, 0.15) is 19.4 Å². The van der Waals surface area contributed by atoms with Crippen LogP contribution in [0.4, 0.5) is 5.69 Å². The highest BCUT2D eigenvalue weighted by molar-refractivity contribution is 6.44. The predicted molar refractivity (Wildman–Crippen MR) is 98.2 cm³/mol. The van der Waals surface area contributed by atoms with Crippen molar-refractivity contribution in [2.45, 2.75) is 31.8 Å². The van der Waals surface area contributed by atoms with Gasteiger partial charge < -0.3 is 9.64 Å². The average molecular weight is 305 g/mol. The SMILES string of the molecule is C=C([B]C)/C=C\C1=CN=CC2(O1)N(C)c1ccccc1C2(C)C. The molecule has 4 heteroatoms. The largest absolute Gasteiger partial charge is 0.460 e. The number of rotatable bonds is 3. The minimum absolute atomic E-state index is 0.219. The van der Waals surface area contributed by atoms with E-state index in [1.165, 1.54) is 11.3 Å². The van der Waals surface area contributed by atoms with Crippen molar-refractivity contribution in [3.8, 4) is 0 Å². The highest BCUT2D eigenvalue weighted by Crippen LogP contribution is 2.52. The molecule has 2 heterocycles. The fourth-order valence-electron chi connectivity index (χ4n) is 3.34. The van der Waals surface area contributed by atoms with Crippen LogP contribution < -0.4 is 4.90 Å². The second-order valence-corrected chi connectivity index (χ2v) is 6.51. The number of benzene rings is 1. The molecule has 0 fully saturated rings. The molecule has 1 aromatic rings. The van der Waals surface area contributed by atoms with E-state index in [4.69, 9.17) is 4.74 Å². The summed E-state index contributed by atoms with van der Waals surface area (Å²) in [5.41, 5.74) is 2.55. The van der Waals surface area contributed by atoms with Crippen molar-refractivity contribution in [2.75, 3.05) is 11.9 Å².